The van der Waals surface area contributed by atoms with Crippen molar-refractivity contribution in [2.75, 3.05) is 23.9 Å². The van der Waals surface area contributed by atoms with Crippen LogP contribution in [-0.2, 0) is 39.6 Å². The zero-order valence-electron chi connectivity index (χ0n) is 20.6. The summed E-state index contributed by atoms with van der Waals surface area (Å²) in [4.78, 5) is 26.0. The number of anilines is 1. The Labute approximate surface area is 206 Å². The molecule has 0 saturated heterocycles. The summed E-state index contributed by atoms with van der Waals surface area (Å²) < 4.78 is 30.6. The minimum absolute atomic E-state index is 0.280. The zero-order valence-corrected chi connectivity index (χ0v) is 21.5. The fraction of sp³-hybridized carbons (Fsp3) is 0.560. The van der Waals surface area contributed by atoms with Gasteiger partial charge in [0.1, 0.15) is 17.2 Å². The Hall–Kier alpha value is -2.88. The van der Waals surface area contributed by atoms with Crippen LogP contribution in [0, 0.1) is 0 Å². The second-order valence-corrected chi connectivity index (χ2v) is 11.7. The number of aryl methyl sites for hydroxylation is 2. The summed E-state index contributed by atoms with van der Waals surface area (Å²) >= 11 is 0. The molecule has 2 amide bonds. The Balaban J connectivity index is 1.71. The first kappa shape index (κ1) is 25.2. The average molecular weight is 503 g/mol. The minimum Gasteiger partial charge on any atom is -0.494 e. The maximum atomic E-state index is 13.5. The first-order valence-electron chi connectivity index (χ1n) is 12.3. The Morgan fingerprint density at radius 3 is 2.80 bits per heavy atom. The van der Waals surface area contributed by atoms with Crippen molar-refractivity contribution < 1.29 is 22.7 Å². The number of rotatable bonds is 9. The highest BCUT2D eigenvalue weighted by atomic mass is 32.2. The fourth-order valence-corrected chi connectivity index (χ4v) is 5.75. The van der Waals surface area contributed by atoms with Crippen molar-refractivity contribution in [3.63, 3.8) is 0 Å². The van der Waals surface area contributed by atoms with Crippen LogP contribution < -0.4 is 15.4 Å². The van der Waals surface area contributed by atoms with Crippen LogP contribution in [-0.4, -0.2) is 48.6 Å². The van der Waals surface area contributed by atoms with Gasteiger partial charge < -0.3 is 15.4 Å². The highest BCUT2D eigenvalue weighted by Gasteiger charge is 2.44. The van der Waals surface area contributed by atoms with Crippen LogP contribution in [0.1, 0.15) is 73.3 Å². The van der Waals surface area contributed by atoms with E-state index in [0.29, 0.717) is 31.0 Å². The van der Waals surface area contributed by atoms with E-state index >= 15 is 0 Å². The van der Waals surface area contributed by atoms with Crippen molar-refractivity contribution in [1.82, 2.24) is 15.1 Å². The molecule has 190 valence electrons. The Kier molecular flexibility index (Phi) is 7.21. The van der Waals surface area contributed by atoms with Gasteiger partial charge in [0.25, 0.3) is 5.91 Å². The van der Waals surface area contributed by atoms with Crippen molar-refractivity contribution in [3.8, 4) is 5.75 Å². The lowest BCUT2D eigenvalue weighted by Gasteiger charge is -2.42. The highest BCUT2D eigenvalue weighted by Crippen LogP contribution is 2.41. The van der Waals surface area contributed by atoms with Gasteiger partial charge in [-0.05, 0) is 62.3 Å². The second kappa shape index (κ2) is 10.0. The number of benzene rings is 1. The first-order valence-corrected chi connectivity index (χ1v) is 14.4. The lowest BCUT2D eigenvalue weighted by atomic mass is 9.75. The fourth-order valence-electron chi connectivity index (χ4n) is 5.20. The zero-order chi connectivity index (χ0) is 25.2. The van der Waals surface area contributed by atoms with Crippen LogP contribution in [0.5, 0.6) is 5.75 Å². The van der Waals surface area contributed by atoms with E-state index in [0.717, 1.165) is 61.7 Å². The molecule has 1 atom stereocenters. The third kappa shape index (κ3) is 5.37. The highest BCUT2D eigenvalue weighted by molar-refractivity contribution is 7.91. The topological polar surface area (TPSA) is 119 Å². The second-order valence-electron chi connectivity index (χ2n) is 9.55. The van der Waals surface area contributed by atoms with Gasteiger partial charge in [0.05, 0.1) is 30.1 Å². The summed E-state index contributed by atoms with van der Waals surface area (Å²) in [6.45, 7) is 5.08. The minimum atomic E-state index is -3.51. The summed E-state index contributed by atoms with van der Waals surface area (Å²) in [5.41, 5.74) is 2.85. The maximum Gasteiger partial charge on any atom is 0.272 e. The SMILES string of the molecule is CCCCCc1nn2c(c1NC(=O)CS(C)(=O)=O)C(=O)N[C@@]1(CCCc3cc(OCC)ccc31)C2. The normalized spacial score (nSPS) is 19.1. The molecule has 1 aromatic carbocycles. The number of carbonyl (C=O) groups excluding carboxylic acids is 2. The Morgan fingerprint density at radius 2 is 2.09 bits per heavy atom. The van der Waals surface area contributed by atoms with Gasteiger partial charge in [0, 0.05) is 6.26 Å². The van der Waals surface area contributed by atoms with E-state index in [1.165, 1.54) is 0 Å². The number of hydrogen-bond donors (Lipinski definition) is 2. The number of amides is 2. The number of unbranched alkanes of at least 4 members (excludes halogenated alkanes) is 2. The number of hydrogen-bond acceptors (Lipinski definition) is 6. The number of fused-ring (bicyclic) bond motifs is 3. The van der Waals surface area contributed by atoms with Crippen molar-refractivity contribution in [2.24, 2.45) is 0 Å². The molecular weight excluding hydrogens is 468 g/mol. The predicted molar refractivity (Wildman–Crippen MR) is 133 cm³/mol. The quantitative estimate of drug-likeness (QED) is 0.509. The Morgan fingerprint density at radius 1 is 1.29 bits per heavy atom. The van der Waals surface area contributed by atoms with E-state index in [1.54, 1.807) is 4.68 Å². The van der Waals surface area contributed by atoms with Gasteiger partial charge in [0.2, 0.25) is 5.91 Å². The van der Waals surface area contributed by atoms with E-state index in [4.69, 9.17) is 9.84 Å². The molecule has 2 N–H and O–H groups in total. The standard InChI is InChI=1S/C25H34N4O5S/c1-4-6-7-10-20-22(26-21(30)15-35(3,32)33)23-24(31)27-25(16-29(23)28-20)13-8-9-17-14-18(34-5-2)11-12-19(17)25/h11-12,14H,4-10,13,15-16H2,1-3H3,(H,26,30)(H,27,31)/t25-/m0/s1. The molecule has 9 nitrogen and oxygen atoms in total. The van der Waals surface area contributed by atoms with E-state index in [-0.39, 0.29) is 11.6 Å². The average Bonchev–Trinajstić information content (AvgIpc) is 3.10. The summed E-state index contributed by atoms with van der Waals surface area (Å²) in [5, 5.41) is 10.7. The van der Waals surface area contributed by atoms with Crippen LogP contribution in [0.25, 0.3) is 0 Å². The number of sulfone groups is 1. The third-order valence-corrected chi connectivity index (χ3v) is 7.43. The predicted octanol–water partition coefficient (Wildman–Crippen LogP) is 2.97. The van der Waals surface area contributed by atoms with Crippen molar-refractivity contribution in [2.45, 2.75) is 70.9 Å². The van der Waals surface area contributed by atoms with Gasteiger partial charge in [-0.2, -0.15) is 5.10 Å². The van der Waals surface area contributed by atoms with Crippen molar-refractivity contribution >= 4 is 27.3 Å². The van der Waals surface area contributed by atoms with Crippen LogP contribution in [0.4, 0.5) is 5.69 Å². The Bertz CT molecular complexity index is 1240. The van der Waals surface area contributed by atoms with Crippen LogP contribution in [0.2, 0.25) is 0 Å². The first-order chi connectivity index (χ1) is 16.7. The lowest BCUT2D eigenvalue weighted by molar-refractivity contribution is -0.113. The number of nitrogens with one attached hydrogen (secondary N) is 2. The molecule has 0 unspecified atom stereocenters. The molecule has 4 rings (SSSR count). The molecule has 2 aromatic rings. The van der Waals surface area contributed by atoms with Gasteiger partial charge in [-0.3, -0.25) is 14.3 Å². The monoisotopic (exact) mass is 502 g/mol. The van der Waals surface area contributed by atoms with E-state index in [1.807, 2.05) is 19.1 Å². The van der Waals surface area contributed by atoms with Crippen LogP contribution >= 0.6 is 0 Å². The number of carbonyl (C=O) groups is 2. The molecule has 1 aliphatic carbocycles. The van der Waals surface area contributed by atoms with Crippen LogP contribution in [0.3, 0.4) is 0 Å². The van der Waals surface area contributed by atoms with E-state index in [2.05, 4.69) is 23.6 Å². The summed E-state index contributed by atoms with van der Waals surface area (Å²) in [7, 11) is -3.51. The molecule has 0 radical (unpaired) electrons. The number of nitrogens with zero attached hydrogens (tertiary/aromatic N) is 2. The molecule has 1 spiro atoms. The molecule has 0 bridgehead atoms. The molecule has 2 aliphatic rings. The molecule has 0 fully saturated rings. The summed E-state index contributed by atoms with van der Waals surface area (Å²) in [6, 6.07) is 6.02. The van der Waals surface area contributed by atoms with Crippen LogP contribution in [0.15, 0.2) is 18.2 Å². The molecule has 2 heterocycles. The summed E-state index contributed by atoms with van der Waals surface area (Å²) in [6.07, 6.45) is 7.08. The van der Waals surface area contributed by atoms with Crippen molar-refractivity contribution in [1.29, 1.82) is 0 Å². The van der Waals surface area contributed by atoms with E-state index in [9.17, 15) is 18.0 Å². The molecule has 1 aromatic heterocycles. The van der Waals surface area contributed by atoms with E-state index < -0.39 is 27.0 Å². The largest absolute Gasteiger partial charge is 0.494 e. The van der Waals surface area contributed by atoms with Gasteiger partial charge in [-0.25, -0.2) is 8.42 Å². The smallest absolute Gasteiger partial charge is 0.272 e. The van der Waals surface area contributed by atoms with Gasteiger partial charge in [0.15, 0.2) is 9.84 Å². The van der Waals surface area contributed by atoms with Crippen molar-refractivity contribution in [3.05, 3.63) is 40.7 Å². The van der Waals surface area contributed by atoms with Gasteiger partial charge in [-0.15, -0.1) is 0 Å². The number of ether oxygens (including phenoxy) is 1. The van der Waals surface area contributed by atoms with Gasteiger partial charge >= 0.3 is 0 Å². The third-order valence-electron chi connectivity index (χ3n) is 6.64. The molecule has 0 saturated carbocycles. The molecule has 1 aliphatic heterocycles. The molecule has 10 heteroatoms. The summed E-state index contributed by atoms with van der Waals surface area (Å²) in [5.74, 6) is -0.812. The maximum absolute atomic E-state index is 13.5. The van der Waals surface area contributed by atoms with Gasteiger partial charge in [-0.1, -0.05) is 25.8 Å². The lowest BCUT2D eigenvalue weighted by Crippen LogP contribution is -2.55. The molecular formula is C25H34N4O5S. The molecule has 35 heavy (non-hydrogen) atoms. The number of aromatic nitrogens is 2.